The third-order valence-corrected chi connectivity index (χ3v) is 4.16. The van der Waals surface area contributed by atoms with Gasteiger partial charge in [0.15, 0.2) is 0 Å². The Balaban J connectivity index is 2.00. The highest BCUT2D eigenvalue weighted by Crippen LogP contribution is 2.22. The summed E-state index contributed by atoms with van der Waals surface area (Å²) < 4.78 is 5.29. The molecule has 1 unspecified atom stereocenters. The summed E-state index contributed by atoms with van der Waals surface area (Å²) in [6.45, 7) is 14.0. The van der Waals surface area contributed by atoms with Crippen LogP contribution in [0.4, 0.5) is 0 Å². The first-order chi connectivity index (χ1) is 9.37. The second-order valence-electron chi connectivity index (χ2n) is 7.05. The summed E-state index contributed by atoms with van der Waals surface area (Å²) in [5, 5.41) is 7.72. The van der Waals surface area contributed by atoms with Crippen molar-refractivity contribution >= 4 is 0 Å². The monoisotopic (exact) mass is 279 g/mol. The number of nitrogens with one attached hydrogen (secondary N) is 1. The summed E-state index contributed by atoms with van der Waals surface area (Å²) in [4.78, 5) is 2.59. The summed E-state index contributed by atoms with van der Waals surface area (Å²) in [5.41, 5.74) is 2.50. The van der Waals surface area contributed by atoms with Gasteiger partial charge >= 0.3 is 0 Å². The van der Waals surface area contributed by atoms with Crippen LogP contribution in [0, 0.1) is 13.8 Å². The van der Waals surface area contributed by atoms with E-state index in [2.05, 4.69) is 36.1 Å². The van der Waals surface area contributed by atoms with E-state index in [4.69, 9.17) is 4.52 Å². The van der Waals surface area contributed by atoms with Crippen molar-refractivity contribution in [3.63, 3.8) is 0 Å². The number of nitrogens with zero attached hydrogens (tertiary/aromatic N) is 2. The van der Waals surface area contributed by atoms with E-state index in [0.29, 0.717) is 6.04 Å². The SMILES string of the molecule is Cc1noc(C)c1CN1CCCCC1CNC(C)(C)C. The number of likely N-dealkylation sites (tertiary alicyclic amines) is 1. The van der Waals surface area contributed by atoms with Crippen molar-refractivity contribution in [3.8, 4) is 0 Å². The zero-order valence-electron chi connectivity index (χ0n) is 13.6. The average molecular weight is 279 g/mol. The Hall–Kier alpha value is -0.870. The third kappa shape index (κ3) is 4.06. The van der Waals surface area contributed by atoms with Crippen molar-refractivity contribution in [1.82, 2.24) is 15.4 Å². The molecule has 1 aliphatic heterocycles. The van der Waals surface area contributed by atoms with Crippen LogP contribution in [-0.2, 0) is 6.54 Å². The Morgan fingerprint density at radius 3 is 2.65 bits per heavy atom. The van der Waals surface area contributed by atoms with Gasteiger partial charge in [-0.2, -0.15) is 0 Å². The molecule has 0 amide bonds. The van der Waals surface area contributed by atoms with Gasteiger partial charge in [-0.15, -0.1) is 0 Å². The van der Waals surface area contributed by atoms with E-state index in [1.165, 1.54) is 31.4 Å². The lowest BCUT2D eigenvalue weighted by Gasteiger charge is -2.37. The number of aromatic nitrogens is 1. The maximum Gasteiger partial charge on any atom is 0.138 e. The van der Waals surface area contributed by atoms with Crippen LogP contribution in [0.25, 0.3) is 0 Å². The van der Waals surface area contributed by atoms with Crippen molar-refractivity contribution in [2.45, 2.75) is 72.0 Å². The van der Waals surface area contributed by atoms with Crippen molar-refractivity contribution in [3.05, 3.63) is 17.0 Å². The van der Waals surface area contributed by atoms with Crippen LogP contribution in [-0.4, -0.2) is 34.7 Å². The molecule has 1 fully saturated rings. The fraction of sp³-hybridized carbons (Fsp3) is 0.812. The highest BCUT2D eigenvalue weighted by Gasteiger charge is 2.25. The molecule has 0 radical (unpaired) electrons. The molecule has 20 heavy (non-hydrogen) atoms. The minimum Gasteiger partial charge on any atom is -0.361 e. The molecule has 1 aliphatic rings. The number of rotatable bonds is 4. The van der Waals surface area contributed by atoms with Crippen molar-refractivity contribution < 1.29 is 4.52 Å². The van der Waals surface area contributed by atoms with Gasteiger partial charge in [0.05, 0.1) is 5.69 Å². The number of aryl methyl sites for hydroxylation is 2. The quantitative estimate of drug-likeness (QED) is 0.920. The average Bonchev–Trinajstić information content (AvgIpc) is 2.68. The molecule has 0 saturated carbocycles. The summed E-state index contributed by atoms with van der Waals surface area (Å²) in [5.74, 6) is 0.968. The lowest BCUT2D eigenvalue weighted by molar-refractivity contribution is 0.130. The van der Waals surface area contributed by atoms with E-state index in [0.717, 1.165) is 24.5 Å². The summed E-state index contributed by atoms with van der Waals surface area (Å²) in [6, 6.07) is 0.622. The lowest BCUT2D eigenvalue weighted by atomic mass is 9.99. The molecular weight excluding hydrogens is 250 g/mol. The summed E-state index contributed by atoms with van der Waals surface area (Å²) in [7, 11) is 0. The van der Waals surface area contributed by atoms with E-state index in [9.17, 15) is 0 Å². The molecule has 0 spiro atoms. The molecule has 1 aromatic rings. The van der Waals surface area contributed by atoms with Crippen LogP contribution in [0.5, 0.6) is 0 Å². The lowest BCUT2D eigenvalue weighted by Crippen LogP contribution is -2.49. The van der Waals surface area contributed by atoms with Gasteiger partial charge < -0.3 is 9.84 Å². The van der Waals surface area contributed by atoms with E-state index in [1.807, 2.05) is 13.8 Å². The van der Waals surface area contributed by atoms with Crippen molar-refractivity contribution in [2.24, 2.45) is 0 Å². The number of piperidine rings is 1. The van der Waals surface area contributed by atoms with Gasteiger partial charge in [0.1, 0.15) is 5.76 Å². The predicted molar refractivity (Wildman–Crippen MR) is 81.8 cm³/mol. The highest BCUT2D eigenvalue weighted by atomic mass is 16.5. The molecule has 1 aromatic heterocycles. The molecule has 114 valence electrons. The molecule has 1 saturated heterocycles. The minimum absolute atomic E-state index is 0.187. The minimum atomic E-state index is 0.187. The van der Waals surface area contributed by atoms with Gasteiger partial charge in [0.25, 0.3) is 0 Å². The van der Waals surface area contributed by atoms with Crippen LogP contribution in [0.15, 0.2) is 4.52 Å². The molecular formula is C16H29N3O. The van der Waals surface area contributed by atoms with Gasteiger partial charge in [-0.1, -0.05) is 11.6 Å². The van der Waals surface area contributed by atoms with Gasteiger partial charge in [-0.3, -0.25) is 4.90 Å². The first-order valence-corrected chi connectivity index (χ1v) is 7.77. The predicted octanol–water partition coefficient (Wildman–Crippen LogP) is 3.03. The zero-order valence-corrected chi connectivity index (χ0v) is 13.6. The third-order valence-electron chi connectivity index (χ3n) is 4.16. The van der Waals surface area contributed by atoms with Crippen LogP contribution < -0.4 is 5.32 Å². The Morgan fingerprint density at radius 2 is 2.05 bits per heavy atom. The molecule has 4 nitrogen and oxygen atoms in total. The Morgan fingerprint density at radius 1 is 1.30 bits per heavy atom. The molecule has 0 aliphatic carbocycles. The Bertz CT molecular complexity index is 414. The smallest absolute Gasteiger partial charge is 0.138 e. The summed E-state index contributed by atoms with van der Waals surface area (Å²) in [6.07, 6.45) is 3.93. The van der Waals surface area contributed by atoms with Crippen molar-refractivity contribution in [2.75, 3.05) is 13.1 Å². The van der Waals surface area contributed by atoms with Crippen molar-refractivity contribution in [1.29, 1.82) is 0 Å². The van der Waals surface area contributed by atoms with Crippen LogP contribution in [0.3, 0.4) is 0 Å². The van der Waals surface area contributed by atoms with E-state index in [1.54, 1.807) is 0 Å². The van der Waals surface area contributed by atoms with Crippen LogP contribution in [0.1, 0.15) is 57.1 Å². The second-order valence-corrected chi connectivity index (χ2v) is 7.05. The van der Waals surface area contributed by atoms with Gasteiger partial charge in [0.2, 0.25) is 0 Å². The molecule has 0 bridgehead atoms. The molecule has 0 aromatic carbocycles. The van der Waals surface area contributed by atoms with Gasteiger partial charge in [-0.25, -0.2) is 0 Å². The van der Waals surface area contributed by atoms with Crippen LogP contribution in [0.2, 0.25) is 0 Å². The van der Waals surface area contributed by atoms with Gasteiger partial charge in [-0.05, 0) is 54.0 Å². The van der Waals surface area contributed by atoms with E-state index >= 15 is 0 Å². The Labute approximate surface area is 122 Å². The van der Waals surface area contributed by atoms with E-state index in [-0.39, 0.29) is 5.54 Å². The fourth-order valence-electron chi connectivity index (χ4n) is 2.85. The molecule has 2 rings (SSSR count). The first-order valence-electron chi connectivity index (χ1n) is 7.77. The standard InChI is InChI=1S/C16H29N3O/c1-12-15(13(2)20-18-12)11-19-9-7-6-8-14(19)10-17-16(3,4)5/h14,17H,6-11H2,1-5H3. The van der Waals surface area contributed by atoms with Gasteiger partial charge in [0, 0.05) is 30.2 Å². The maximum absolute atomic E-state index is 5.29. The first kappa shape index (κ1) is 15.5. The largest absolute Gasteiger partial charge is 0.361 e. The Kier molecular flexibility index (Phi) is 4.86. The molecule has 2 heterocycles. The zero-order chi connectivity index (χ0) is 14.8. The highest BCUT2D eigenvalue weighted by molar-refractivity contribution is 5.20. The summed E-state index contributed by atoms with van der Waals surface area (Å²) >= 11 is 0. The maximum atomic E-state index is 5.29. The molecule has 4 heteroatoms. The van der Waals surface area contributed by atoms with E-state index < -0.39 is 0 Å². The normalized spacial score (nSPS) is 21.4. The number of hydrogen-bond donors (Lipinski definition) is 1. The fourth-order valence-corrected chi connectivity index (χ4v) is 2.85. The topological polar surface area (TPSA) is 41.3 Å². The molecule has 1 atom stereocenters. The van der Waals surface area contributed by atoms with Crippen LogP contribution >= 0.6 is 0 Å². The number of hydrogen-bond acceptors (Lipinski definition) is 4. The molecule has 1 N–H and O–H groups in total. The second kappa shape index (κ2) is 6.27.